The molecule has 0 aromatic heterocycles. The minimum atomic E-state index is -4.34. The fourth-order valence-corrected chi connectivity index (χ4v) is 3.92. The summed E-state index contributed by atoms with van der Waals surface area (Å²) >= 11 is 0. The van der Waals surface area contributed by atoms with Crippen molar-refractivity contribution >= 4 is 33.2 Å². The molecule has 2 aromatic carbocycles. The van der Waals surface area contributed by atoms with Crippen LogP contribution in [0.1, 0.15) is 20.8 Å². The number of anilines is 2. The summed E-state index contributed by atoms with van der Waals surface area (Å²) in [5, 5.41) is 4.76. The lowest BCUT2D eigenvalue weighted by Gasteiger charge is -2.22. The fourth-order valence-electron chi connectivity index (χ4n) is 2.50. The van der Waals surface area contributed by atoms with Crippen molar-refractivity contribution < 1.29 is 26.8 Å². The summed E-state index contributed by atoms with van der Waals surface area (Å²) in [6.45, 7) is 4.43. The van der Waals surface area contributed by atoms with Crippen molar-refractivity contribution in [2.45, 2.75) is 31.7 Å². The molecule has 0 radical (unpaired) electrons. The van der Waals surface area contributed by atoms with Crippen LogP contribution in [0, 0.1) is 17.6 Å². The highest BCUT2D eigenvalue weighted by Crippen LogP contribution is 2.21. The molecule has 0 spiro atoms. The Kier molecular flexibility index (Phi) is 7.04. The summed E-state index contributed by atoms with van der Waals surface area (Å²) < 4.78 is 55.1. The number of hydrogen-bond donors (Lipinski definition) is 3. The molecule has 156 valence electrons. The second kappa shape index (κ2) is 9.10. The molecule has 2 aromatic rings. The van der Waals surface area contributed by atoms with Crippen LogP contribution in [0.15, 0.2) is 47.4 Å². The molecule has 10 heteroatoms. The van der Waals surface area contributed by atoms with Crippen molar-refractivity contribution in [2.24, 2.45) is 5.92 Å². The van der Waals surface area contributed by atoms with Crippen LogP contribution < -0.4 is 15.4 Å². The maximum Gasteiger partial charge on any atom is 0.244 e. The van der Waals surface area contributed by atoms with E-state index in [1.165, 1.54) is 31.2 Å². The average Bonchev–Trinajstić information content (AvgIpc) is 2.62. The monoisotopic (exact) mass is 425 g/mol. The Morgan fingerprint density at radius 1 is 0.966 bits per heavy atom. The normalized spacial score (nSPS) is 12.5. The van der Waals surface area contributed by atoms with Crippen LogP contribution >= 0.6 is 0 Å². The second-order valence-corrected chi connectivity index (χ2v) is 8.32. The molecule has 1 atom stereocenters. The second-order valence-electron chi connectivity index (χ2n) is 6.64. The van der Waals surface area contributed by atoms with Crippen LogP contribution in [0.5, 0.6) is 0 Å². The molecule has 7 nitrogen and oxygen atoms in total. The number of nitrogens with one attached hydrogen (secondary N) is 3. The lowest BCUT2D eigenvalue weighted by Crippen LogP contribution is -2.47. The van der Waals surface area contributed by atoms with Gasteiger partial charge in [0.15, 0.2) is 0 Å². The van der Waals surface area contributed by atoms with Crippen LogP contribution in [0.2, 0.25) is 0 Å². The van der Waals surface area contributed by atoms with Gasteiger partial charge in [0.25, 0.3) is 0 Å². The Morgan fingerprint density at radius 2 is 1.62 bits per heavy atom. The van der Waals surface area contributed by atoms with Crippen molar-refractivity contribution in [1.82, 2.24) is 4.72 Å². The van der Waals surface area contributed by atoms with Gasteiger partial charge in [-0.2, -0.15) is 4.72 Å². The van der Waals surface area contributed by atoms with Gasteiger partial charge in [0.1, 0.15) is 22.6 Å². The first-order valence-electron chi connectivity index (χ1n) is 8.66. The smallest absolute Gasteiger partial charge is 0.244 e. The highest BCUT2D eigenvalue weighted by Gasteiger charge is 2.30. The highest BCUT2D eigenvalue weighted by atomic mass is 32.2. The van der Waals surface area contributed by atoms with Crippen LogP contribution in [0.25, 0.3) is 0 Å². The van der Waals surface area contributed by atoms with Gasteiger partial charge in [-0.3, -0.25) is 9.59 Å². The van der Waals surface area contributed by atoms with E-state index < -0.39 is 44.4 Å². The topological polar surface area (TPSA) is 104 Å². The standard InChI is InChI=1S/C19H21F2N3O4S/c1-11(2)18(24-29(27,28)17-7-5-4-6-15(17)21)19(26)23-16-10-13(22-12(3)25)8-9-14(16)20/h4-11,18,24H,1-3H3,(H,22,25)(H,23,26)/t18-/m0/s1. The predicted octanol–water partition coefficient (Wildman–Crippen LogP) is 2.86. The quantitative estimate of drug-likeness (QED) is 0.634. The summed E-state index contributed by atoms with van der Waals surface area (Å²) in [6.07, 6.45) is 0. The molecule has 2 rings (SSSR count). The van der Waals surface area contributed by atoms with Gasteiger partial charge in [-0.05, 0) is 36.2 Å². The Bertz CT molecular complexity index is 1030. The van der Waals surface area contributed by atoms with E-state index in [4.69, 9.17) is 0 Å². The predicted molar refractivity (Wildman–Crippen MR) is 105 cm³/mol. The average molecular weight is 425 g/mol. The van der Waals surface area contributed by atoms with E-state index in [0.29, 0.717) is 0 Å². The van der Waals surface area contributed by atoms with E-state index in [9.17, 15) is 26.8 Å². The van der Waals surface area contributed by atoms with Crippen molar-refractivity contribution in [3.63, 3.8) is 0 Å². The van der Waals surface area contributed by atoms with Gasteiger partial charge in [-0.1, -0.05) is 26.0 Å². The van der Waals surface area contributed by atoms with Gasteiger partial charge in [-0.15, -0.1) is 0 Å². The van der Waals surface area contributed by atoms with Gasteiger partial charge in [0.2, 0.25) is 21.8 Å². The van der Waals surface area contributed by atoms with Crippen LogP contribution in [-0.2, 0) is 19.6 Å². The van der Waals surface area contributed by atoms with Crippen LogP contribution in [0.3, 0.4) is 0 Å². The Morgan fingerprint density at radius 3 is 2.21 bits per heavy atom. The number of carbonyl (C=O) groups excluding carboxylic acids is 2. The molecule has 0 saturated heterocycles. The molecule has 0 unspecified atom stereocenters. The molecular formula is C19H21F2N3O4S. The van der Waals surface area contributed by atoms with E-state index >= 15 is 0 Å². The van der Waals surface area contributed by atoms with Crippen LogP contribution in [0.4, 0.5) is 20.2 Å². The van der Waals surface area contributed by atoms with Gasteiger partial charge >= 0.3 is 0 Å². The number of halogens is 2. The molecular weight excluding hydrogens is 404 g/mol. The van der Waals surface area contributed by atoms with E-state index in [1.54, 1.807) is 13.8 Å². The first-order valence-corrected chi connectivity index (χ1v) is 10.1. The number of sulfonamides is 1. The summed E-state index contributed by atoms with van der Waals surface area (Å²) in [7, 11) is -4.34. The lowest BCUT2D eigenvalue weighted by molar-refractivity contribution is -0.118. The Hall–Kier alpha value is -2.85. The summed E-state index contributed by atoms with van der Waals surface area (Å²) in [4.78, 5) is 23.2. The molecule has 0 heterocycles. The van der Waals surface area contributed by atoms with Gasteiger partial charge < -0.3 is 10.6 Å². The lowest BCUT2D eigenvalue weighted by atomic mass is 10.0. The van der Waals surface area contributed by atoms with Gasteiger partial charge in [0.05, 0.1) is 5.69 Å². The third-order valence-corrected chi connectivity index (χ3v) is 5.38. The number of benzene rings is 2. The zero-order valence-electron chi connectivity index (χ0n) is 16.0. The van der Waals surface area contributed by atoms with E-state index in [0.717, 1.165) is 18.2 Å². The van der Waals surface area contributed by atoms with E-state index in [1.807, 2.05) is 0 Å². The van der Waals surface area contributed by atoms with Crippen molar-refractivity contribution in [3.05, 3.63) is 54.1 Å². The van der Waals surface area contributed by atoms with Crippen molar-refractivity contribution in [1.29, 1.82) is 0 Å². The summed E-state index contributed by atoms with van der Waals surface area (Å²) in [5.41, 5.74) is 0.0132. The maximum atomic E-state index is 14.1. The molecule has 0 aliphatic rings. The zero-order valence-corrected chi connectivity index (χ0v) is 16.8. The number of carbonyl (C=O) groups is 2. The van der Waals surface area contributed by atoms with Crippen molar-refractivity contribution in [3.8, 4) is 0 Å². The summed E-state index contributed by atoms with van der Waals surface area (Å²) in [6, 6.07) is 7.02. The molecule has 0 fully saturated rings. The molecule has 0 saturated carbocycles. The minimum absolute atomic E-state index is 0.239. The van der Waals surface area contributed by atoms with Crippen LogP contribution in [-0.4, -0.2) is 26.3 Å². The molecule has 0 aliphatic heterocycles. The third-order valence-electron chi connectivity index (χ3n) is 3.90. The zero-order chi connectivity index (χ0) is 21.8. The third kappa shape index (κ3) is 5.81. The fraction of sp³-hybridized carbons (Fsp3) is 0.263. The molecule has 2 amide bonds. The van der Waals surface area contributed by atoms with Gasteiger partial charge in [0, 0.05) is 12.6 Å². The Balaban J connectivity index is 2.27. The minimum Gasteiger partial charge on any atom is -0.326 e. The molecule has 0 bridgehead atoms. The molecule has 3 N–H and O–H groups in total. The van der Waals surface area contributed by atoms with Gasteiger partial charge in [-0.25, -0.2) is 17.2 Å². The first kappa shape index (κ1) is 22.4. The maximum absolute atomic E-state index is 14.1. The number of hydrogen-bond acceptors (Lipinski definition) is 4. The summed E-state index contributed by atoms with van der Waals surface area (Å²) in [5.74, 6) is -3.48. The number of rotatable bonds is 7. The molecule has 0 aliphatic carbocycles. The number of amides is 2. The Labute approximate surface area is 167 Å². The molecule has 29 heavy (non-hydrogen) atoms. The van der Waals surface area contributed by atoms with E-state index in [-0.39, 0.29) is 17.3 Å². The largest absolute Gasteiger partial charge is 0.326 e. The van der Waals surface area contributed by atoms with E-state index in [2.05, 4.69) is 15.4 Å². The SMILES string of the molecule is CC(=O)Nc1ccc(F)c(NC(=O)[C@@H](NS(=O)(=O)c2ccccc2F)C(C)C)c1. The first-order chi connectivity index (χ1) is 13.5. The van der Waals surface area contributed by atoms with Crippen molar-refractivity contribution in [2.75, 3.05) is 10.6 Å². The highest BCUT2D eigenvalue weighted by molar-refractivity contribution is 7.89.